The van der Waals surface area contributed by atoms with Crippen molar-refractivity contribution in [3.8, 4) is 27.4 Å². The van der Waals surface area contributed by atoms with Crippen molar-refractivity contribution in [1.29, 1.82) is 0 Å². The van der Waals surface area contributed by atoms with Crippen LogP contribution in [0.3, 0.4) is 0 Å². The third kappa shape index (κ3) is 4.34. The van der Waals surface area contributed by atoms with Crippen molar-refractivity contribution in [2.45, 2.75) is 6.29 Å². The number of anilines is 1. The van der Waals surface area contributed by atoms with Crippen molar-refractivity contribution in [3.05, 3.63) is 60.8 Å². The maximum atomic E-state index is 10.8. The van der Waals surface area contributed by atoms with Crippen molar-refractivity contribution in [2.24, 2.45) is 0 Å². The second-order valence-corrected chi connectivity index (χ2v) is 8.54. The third-order valence-electron chi connectivity index (χ3n) is 5.35. The number of thiazole rings is 1. The number of hydrogen-bond acceptors (Lipinski definition) is 8. The molecule has 0 saturated carbocycles. The van der Waals surface area contributed by atoms with Gasteiger partial charge in [0.2, 0.25) is 6.29 Å². The largest absolute Gasteiger partial charge is 0.464 e. The highest BCUT2D eigenvalue weighted by Crippen LogP contribution is 2.35. The van der Waals surface area contributed by atoms with Gasteiger partial charge in [-0.25, -0.2) is 9.97 Å². The number of morpholine rings is 1. The lowest BCUT2D eigenvalue weighted by Crippen LogP contribution is -2.45. The van der Waals surface area contributed by atoms with Crippen LogP contribution >= 0.6 is 11.3 Å². The molecule has 0 amide bonds. The van der Waals surface area contributed by atoms with Gasteiger partial charge in [-0.3, -0.25) is 4.90 Å². The SMILES string of the molecule is Nc1ncc(-c2ccc(OC3CN(CC=O)CCO3)cc2)cc1-c1nc2ccccc2s1. The summed E-state index contributed by atoms with van der Waals surface area (Å²) in [7, 11) is 0. The molecular weight excluding hydrogens is 424 g/mol. The number of aromatic nitrogens is 2. The van der Waals surface area contributed by atoms with Crippen LogP contribution in [0.15, 0.2) is 60.8 Å². The molecule has 0 spiro atoms. The Morgan fingerprint density at radius 1 is 1.19 bits per heavy atom. The summed E-state index contributed by atoms with van der Waals surface area (Å²) in [5.41, 5.74) is 9.91. The molecule has 3 heterocycles. The number of nitrogens with zero attached hydrogens (tertiary/aromatic N) is 3. The highest BCUT2D eigenvalue weighted by molar-refractivity contribution is 7.21. The predicted octanol–water partition coefficient (Wildman–Crippen LogP) is 3.84. The van der Waals surface area contributed by atoms with Crippen LogP contribution in [0.5, 0.6) is 5.75 Å². The molecule has 0 radical (unpaired) electrons. The number of nitrogens with two attached hydrogens (primary N) is 1. The zero-order valence-electron chi connectivity index (χ0n) is 17.3. The summed E-state index contributed by atoms with van der Waals surface area (Å²) < 4.78 is 12.7. The summed E-state index contributed by atoms with van der Waals surface area (Å²) in [5, 5.41) is 0.854. The Morgan fingerprint density at radius 3 is 2.84 bits per heavy atom. The zero-order valence-corrected chi connectivity index (χ0v) is 18.1. The Morgan fingerprint density at radius 2 is 2.03 bits per heavy atom. The topological polar surface area (TPSA) is 90.6 Å². The standard InChI is InChI=1S/C24H22N4O3S/c25-23-19(24-27-20-3-1-2-4-21(20)32-24)13-17(14-26-23)16-5-7-18(8-6-16)31-22-15-28(9-11-29)10-12-30-22/h1-8,11,13-14,22H,9-10,12,15H2,(H2,25,26). The summed E-state index contributed by atoms with van der Waals surface area (Å²) >= 11 is 1.60. The number of fused-ring (bicyclic) bond motifs is 1. The molecular formula is C24H22N4O3S. The molecule has 1 aliphatic heterocycles. The van der Waals surface area contributed by atoms with Gasteiger partial charge in [0.15, 0.2) is 0 Å². The second kappa shape index (κ2) is 9.04. The van der Waals surface area contributed by atoms with Gasteiger partial charge in [0.25, 0.3) is 0 Å². The first-order chi connectivity index (χ1) is 15.7. The highest BCUT2D eigenvalue weighted by Gasteiger charge is 2.21. The van der Waals surface area contributed by atoms with E-state index in [1.807, 2.05) is 53.4 Å². The van der Waals surface area contributed by atoms with Gasteiger partial charge in [0, 0.05) is 18.3 Å². The molecule has 7 nitrogen and oxygen atoms in total. The van der Waals surface area contributed by atoms with Gasteiger partial charge in [-0.15, -0.1) is 11.3 Å². The fourth-order valence-corrected chi connectivity index (χ4v) is 4.67. The minimum atomic E-state index is -0.390. The number of rotatable bonds is 6. The van der Waals surface area contributed by atoms with E-state index < -0.39 is 6.29 Å². The minimum Gasteiger partial charge on any atom is -0.464 e. The molecule has 0 aliphatic carbocycles. The number of aldehydes is 1. The van der Waals surface area contributed by atoms with Gasteiger partial charge >= 0.3 is 0 Å². The van der Waals surface area contributed by atoms with Crippen LogP contribution in [0.25, 0.3) is 31.9 Å². The molecule has 0 bridgehead atoms. The average molecular weight is 447 g/mol. The molecule has 1 unspecified atom stereocenters. The molecule has 1 atom stereocenters. The van der Waals surface area contributed by atoms with Crippen molar-refractivity contribution < 1.29 is 14.3 Å². The molecule has 2 N–H and O–H groups in total. The second-order valence-electron chi connectivity index (χ2n) is 7.51. The van der Waals surface area contributed by atoms with Crippen LogP contribution in [0, 0.1) is 0 Å². The molecule has 1 aliphatic rings. The van der Waals surface area contributed by atoms with E-state index in [1.54, 1.807) is 17.5 Å². The van der Waals surface area contributed by atoms with Crippen molar-refractivity contribution in [3.63, 3.8) is 0 Å². The number of nitrogen functional groups attached to an aromatic ring is 1. The summed E-state index contributed by atoms with van der Waals surface area (Å²) in [4.78, 5) is 21.9. The molecule has 2 aromatic heterocycles. The smallest absolute Gasteiger partial charge is 0.212 e. The van der Waals surface area contributed by atoms with Crippen molar-refractivity contribution in [1.82, 2.24) is 14.9 Å². The number of ether oxygens (including phenoxy) is 2. The van der Waals surface area contributed by atoms with Crippen LogP contribution < -0.4 is 10.5 Å². The van der Waals surface area contributed by atoms with Crippen LogP contribution in [-0.2, 0) is 9.53 Å². The summed E-state index contributed by atoms with van der Waals surface area (Å²) in [5.74, 6) is 1.17. The lowest BCUT2D eigenvalue weighted by molar-refractivity contribution is -0.134. The first-order valence-corrected chi connectivity index (χ1v) is 11.2. The molecule has 5 rings (SSSR count). The number of carbonyl (C=O) groups is 1. The Balaban J connectivity index is 1.35. The maximum Gasteiger partial charge on any atom is 0.212 e. The zero-order chi connectivity index (χ0) is 21.9. The quantitative estimate of drug-likeness (QED) is 0.450. The lowest BCUT2D eigenvalue weighted by atomic mass is 10.1. The molecule has 4 aromatic rings. The van der Waals surface area contributed by atoms with Crippen LogP contribution in [0.1, 0.15) is 0 Å². The van der Waals surface area contributed by atoms with E-state index in [1.165, 1.54) is 0 Å². The van der Waals surface area contributed by atoms with Gasteiger partial charge in [-0.1, -0.05) is 24.3 Å². The van der Waals surface area contributed by atoms with Crippen LogP contribution in [-0.4, -0.2) is 53.7 Å². The number of para-hydroxylation sites is 1. The molecule has 1 saturated heterocycles. The number of hydrogen-bond donors (Lipinski definition) is 1. The number of pyridine rings is 1. The minimum absolute atomic E-state index is 0.390. The van der Waals surface area contributed by atoms with E-state index in [0.717, 1.165) is 44.7 Å². The monoisotopic (exact) mass is 446 g/mol. The number of benzene rings is 2. The van der Waals surface area contributed by atoms with Gasteiger partial charge < -0.3 is 20.0 Å². The van der Waals surface area contributed by atoms with E-state index in [0.29, 0.717) is 31.3 Å². The van der Waals surface area contributed by atoms with Crippen LogP contribution in [0.4, 0.5) is 5.82 Å². The fraction of sp³-hybridized carbons (Fsp3) is 0.208. The molecule has 1 fully saturated rings. The highest BCUT2D eigenvalue weighted by atomic mass is 32.1. The molecule has 162 valence electrons. The van der Waals surface area contributed by atoms with Crippen molar-refractivity contribution >= 4 is 33.7 Å². The summed E-state index contributed by atoms with van der Waals surface area (Å²) in [6.45, 7) is 2.23. The number of carbonyl (C=O) groups excluding carboxylic acids is 1. The Bertz CT molecular complexity index is 1210. The fourth-order valence-electron chi connectivity index (χ4n) is 3.68. The average Bonchev–Trinajstić information content (AvgIpc) is 3.25. The normalized spacial score (nSPS) is 16.8. The van der Waals surface area contributed by atoms with E-state index in [2.05, 4.69) is 11.1 Å². The van der Waals surface area contributed by atoms with E-state index >= 15 is 0 Å². The third-order valence-corrected chi connectivity index (χ3v) is 6.42. The first-order valence-electron chi connectivity index (χ1n) is 10.4. The Hall–Kier alpha value is -3.33. The molecule has 2 aromatic carbocycles. The predicted molar refractivity (Wildman–Crippen MR) is 126 cm³/mol. The van der Waals surface area contributed by atoms with E-state index in [4.69, 9.17) is 20.2 Å². The Kier molecular flexibility index (Phi) is 5.81. The van der Waals surface area contributed by atoms with E-state index in [9.17, 15) is 4.79 Å². The van der Waals surface area contributed by atoms with E-state index in [-0.39, 0.29) is 0 Å². The van der Waals surface area contributed by atoms with Gasteiger partial charge in [-0.05, 0) is 35.9 Å². The lowest BCUT2D eigenvalue weighted by Gasteiger charge is -2.31. The van der Waals surface area contributed by atoms with Crippen LogP contribution in [0.2, 0.25) is 0 Å². The van der Waals surface area contributed by atoms with Crippen molar-refractivity contribution in [2.75, 3.05) is 32.0 Å². The summed E-state index contributed by atoms with van der Waals surface area (Å²) in [6, 6.07) is 17.8. The maximum absolute atomic E-state index is 10.8. The molecule has 32 heavy (non-hydrogen) atoms. The Labute approximate surface area is 189 Å². The van der Waals surface area contributed by atoms with Gasteiger partial charge in [0.1, 0.15) is 22.9 Å². The first kappa shape index (κ1) is 20.6. The summed E-state index contributed by atoms with van der Waals surface area (Å²) in [6.07, 6.45) is 2.28. The van der Waals surface area contributed by atoms with Gasteiger partial charge in [-0.2, -0.15) is 0 Å². The van der Waals surface area contributed by atoms with Gasteiger partial charge in [0.05, 0.1) is 35.5 Å². The molecule has 8 heteroatoms.